The molecular formula is C13H14N4O. The van der Waals surface area contributed by atoms with E-state index >= 15 is 0 Å². The highest BCUT2D eigenvalue weighted by molar-refractivity contribution is 6.00. The van der Waals surface area contributed by atoms with Gasteiger partial charge in [0.15, 0.2) is 0 Å². The van der Waals surface area contributed by atoms with E-state index in [1.807, 2.05) is 13.0 Å². The molecule has 1 aromatic carbocycles. The van der Waals surface area contributed by atoms with Gasteiger partial charge in [-0.05, 0) is 36.8 Å². The number of rotatable bonds is 2. The van der Waals surface area contributed by atoms with E-state index in [4.69, 9.17) is 5.73 Å². The van der Waals surface area contributed by atoms with Gasteiger partial charge in [-0.3, -0.25) is 4.98 Å². The molecule has 2 aromatic rings. The number of amides is 2. The van der Waals surface area contributed by atoms with E-state index in [1.165, 1.54) is 0 Å². The molecule has 1 heterocycles. The Kier molecular flexibility index (Phi) is 3.43. The number of aryl methyl sites for hydroxylation is 1. The molecule has 0 radical (unpaired) electrons. The highest BCUT2D eigenvalue weighted by Crippen LogP contribution is 2.14. The number of pyridine rings is 1. The number of carbonyl (C=O) groups excluding carboxylic acids is 1. The van der Waals surface area contributed by atoms with E-state index in [2.05, 4.69) is 15.6 Å². The number of hydrogen-bond acceptors (Lipinski definition) is 3. The minimum Gasteiger partial charge on any atom is -0.399 e. The Labute approximate surface area is 105 Å². The topological polar surface area (TPSA) is 80.0 Å². The quantitative estimate of drug-likeness (QED) is 0.708. The fourth-order valence-electron chi connectivity index (χ4n) is 1.50. The lowest BCUT2D eigenvalue weighted by Gasteiger charge is -2.09. The zero-order chi connectivity index (χ0) is 13.0. The lowest BCUT2D eigenvalue weighted by molar-refractivity contribution is 0.262. The molecule has 0 spiro atoms. The largest absolute Gasteiger partial charge is 0.399 e. The summed E-state index contributed by atoms with van der Waals surface area (Å²) < 4.78 is 0. The number of nitrogens with one attached hydrogen (secondary N) is 2. The van der Waals surface area contributed by atoms with Gasteiger partial charge in [0, 0.05) is 17.6 Å². The summed E-state index contributed by atoms with van der Waals surface area (Å²) in [6.07, 6.45) is 3.28. The lowest BCUT2D eigenvalue weighted by atomic mass is 10.2. The van der Waals surface area contributed by atoms with Gasteiger partial charge in [-0.1, -0.05) is 6.07 Å². The molecule has 0 aliphatic heterocycles. The second kappa shape index (κ2) is 5.18. The third-order valence-electron chi connectivity index (χ3n) is 2.43. The van der Waals surface area contributed by atoms with Gasteiger partial charge in [0.25, 0.3) is 0 Å². The summed E-state index contributed by atoms with van der Waals surface area (Å²) >= 11 is 0. The number of carbonyl (C=O) groups is 1. The summed E-state index contributed by atoms with van der Waals surface area (Å²) in [5, 5.41) is 5.43. The average Bonchev–Trinajstić information content (AvgIpc) is 2.32. The summed E-state index contributed by atoms with van der Waals surface area (Å²) in [6.45, 7) is 1.90. The number of benzene rings is 1. The summed E-state index contributed by atoms with van der Waals surface area (Å²) in [5.74, 6) is 0. The second-order valence-corrected chi connectivity index (χ2v) is 3.90. The molecule has 0 aliphatic carbocycles. The Morgan fingerprint density at radius 1 is 1.28 bits per heavy atom. The van der Waals surface area contributed by atoms with Crippen LogP contribution in [0.5, 0.6) is 0 Å². The van der Waals surface area contributed by atoms with Gasteiger partial charge in [0.2, 0.25) is 0 Å². The third-order valence-corrected chi connectivity index (χ3v) is 2.43. The monoisotopic (exact) mass is 242 g/mol. The standard InChI is InChI=1S/C13H14N4O/c1-9-5-6-15-8-12(9)17-13(18)16-11-4-2-3-10(14)7-11/h2-8H,14H2,1H3,(H2,16,17,18). The minimum absolute atomic E-state index is 0.322. The number of urea groups is 1. The van der Waals surface area contributed by atoms with Crippen LogP contribution < -0.4 is 16.4 Å². The molecule has 18 heavy (non-hydrogen) atoms. The lowest BCUT2D eigenvalue weighted by Crippen LogP contribution is -2.20. The number of nitrogens with zero attached hydrogens (tertiary/aromatic N) is 1. The van der Waals surface area contributed by atoms with Gasteiger partial charge in [0.1, 0.15) is 0 Å². The van der Waals surface area contributed by atoms with Crippen LogP contribution in [0.3, 0.4) is 0 Å². The smallest absolute Gasteiger partial charge is 0.323 e. The van der Waals surface area contributed by atoms with Gasteiger partial charge < -0.3 is 16.4 Å². The molecule has 5 nitrogen and oxygen atoms in total. The summed E-state index contributed by atoms with van der Waals surface area (Å²) in [6, 6.07) is 8.50. The fourth-order valence-corrected chi connectivity index (χ4v) is 1.50. The molecule has 0 saturated heterocycles. The normalized spacial score (nSPS) is 9.83. The van der Waals surface area contributed by atoms with E-state index in [0.29, 0.717) is 17.1 Å². The van der Waals surface area contributed by atoms with Crippen molar-refractivity contribution in [3.63, 3.8) is 0 Å². The van der Waals surface area contributed by atoms with Crippen LogP contribution in [0.25, 0.3) is 0 Å². The predicted molar refractivity (Wildman–Crippen MR) is 72.5 cm³/mol. The van der Waals surface area contributed by atoms with E-state index in [1.54, 1.807) is 36.7 Å². The maximum Gasteiger partial charge on any atom is 0.323 e. The van der Waals surface area contributed by atoms with Crippen LogP contribution in [-0.4, -0.2) is 11.0 Å². The molecular weight excluding hydrogens is 228 g/mol. The molecule has 2 amide bonds. The molecule has 0 atom stereocenters. The fraction of sp³-hybridized carbons (Fsp3) is 0.0769. The van der Waals surface area contributed by atoms with Crippen LogP contribution in [0.1, 0.15) is 5.56 Å². The predicted octanol–water partition coefficient (Wildman–Crippen LogP) is 2.62. The molecule has 0 aliphatic rings. The number of nitrogens with two attached hydrogens (primary N) is 1. The van der Waals surface area contributed by atoms with Crippen molar-refractivity contribution in [2.45, 2.75) is 6.92 Å². The van der Waals surface area contributed by atoms with Crippen molar-refractivity contribution in [1.82, 2.24) is 4.98 Å². The third kappa shape index (κ3) is 2.98. The molecule has 0 saturated carbocycles. The van der Waals surface area contributed by atoms with Crippen molar-refractivity contribution < 1.29 is 4.79 Å². The maximum atomic E-state index is 11.8. The number of aromatic nitrogens is 1. The first-order valence-corrected chi connectivity index (χ1v) is 5.49. The number of nitrogen functional groups attached to an aromatic ring is 1. The minimum atomic E-state index is -0.322. The highest BCUT2D eigenvalue weighted by atomic mass is 16.2. The molecule has 5 heteroatoms. The summed E-state index contributed by atoms with van der Waals surface area (Å²) in [4.78, 5) is 15.7. The molecule has 92 valence electrons. The van der Waals surface area contributed by atoms with Gasteiger partial charge in [-0.15, -0.1) is 0 Å². The number of hydrogen-bond donors (Lipinski definition) is 3. The van der Waals surface area contributed by atoms with Gasteiger partial charge in [-0.25, -0.2) is 4.79 Å². The first kappa shape index (κ1) is 11.9. The van der Waals surface area contributed by atoms with Crippen LogP contribution in [0.2, 0.25) is 0 Å². The Morgan fingerprint density at radius 3 is 2.83 bits per heavy atom. The van der Waals surface area contributed by atoms with Crippen molar-refractivity contribution in [3.8, 4) is 0 Å². The second-order valence-electron chi connectivity index (χ2n) is 3.90. The van der Waals surface area contributed by atoms with Gasteiger partial charge in [0.05, 0.1) is 11.9 Å². The van der Waals surface area contributed by atoms with E-state index in [-0.39, 0.29) is 6.03 Å². The molecule has 4 N–H and O–H groups in total. The van der Waals surface area contributed by atoms with Crippen LogP contribution in [0, 0.1) is 6.92 Å². The van der Waals surface area contributed by atoms with Crippen molar-refractivity contribution >= 4 is 23.1 Å². The molecule has 0 bridgehead atoms. The van der Waals surface area contributed by atoms with Gasteiger partial charge in [-0.2, -0.15) is 0 Å². The Balaban J connectivity index is 2.03. The molecule has 0 unspecified atom stereocenters. The van der Waals surface area contributed by atoms with E-state index < -0.39 is 0 Å². The van der Waals surface area contributed by atoms with Crippen LogP contribution in [0.15, 0.2) is 42.7 Å². The Hall–Kier alpha value is -2.56. The zero-order valence-corrected chi connectivity index (χ0v) is 9.97. The number of anilines is 3. The molecule has 2 rings (SSSR count). The van der Waals surface area contributed by atoms with Crippen molar-refractivity contribution in [3.05, 3.63) is 48.3 Å². The average molecular weight is 242 g/mol. The van der Waals surface area contributed by atoms with Crippen molar-refractivity contribution in [1.29, 1.82) is 0 Å². The van der Waals surface area contributed by atoms with Crippen LogP contribution in [-0.2, 0) is 0 Å². The SMILES string of the molecule is Cc1ccncc1NC(=O)Nc1cccc(N)c1. The Bertz CT molecular complexity index is 568. The van der Waals surface area contributed by atoms with Crippen molar-refractivity contribution in [2.24, 2.45) is 0 Å². The van der Waals surface area contributed by atoms with Gasteiger partial charge >= 0.3 is 6.03 Å². The Morgan fingerprint density at radius 2 is 2.11 bits per heavy atom. The molecule has 0 fully saturated rings. The van der Waals surface area contributed by atoms with Crippen LogP contribution >= 0.6 is 0 Å². The highest BCUT2D eigenvalue weighted by Gasteiger charge is 2.04. The zero-order valence-electron chi connectivity index (χ0n) is 9.97. The summed E-state index contributed by atoms with van der Waals surface area (Å²) in [5.41, 5.74) is 8.51. The molecule has 1 aromatic heterocycles. The first-order chi connectivity index (χ1) is 8.65. The first-order valence-electron chi connectivity index (χ1n) is 5.49. The summed E-state index contributed by atoms with van der Waals surface area (Å²) in [7, 11) is 0. The maximum absolute atomic E-state index is 11.8. The van der Waals surface area contributed by atoms with E-state index in [0.717, 1.165) is 5.56 Å². The van der Waals surface area contributed by atoms with E-state index in [9.17, 15) is 4.79 Å². The van der Waals surface area contributed by atoms with Crippen LogP contribution in [0.4, 0.5) is 21.9 Å². The van der Waals surface area contributed by atoms with Crippen molar-refractivity contribution in [2.75, 3.05) is 16.4 Å².